The maximum absolute atomic E-state index is 12.1. The van der Waals surface area contributed by atoms with E-state index in [-0.39, 0.29) is 5.91 Å². The number of nitrogens with one attached hydrogen (secondary N) is 1. The quantitative estimate of drug-likeness (QED) is 0.418. The molecule has 0 spiro atoms. The van der Waals surface area contributed by atoms with Gasteiger partial charge in [0.15, 0.2) is 12.0 Å². The summed E-state index contributed by atoms with van der Waals surface area (Å²) in [7, 11) is 3.65. The summed E-state index contributed by atoms with van der Waals surface area (Å²) in [5.74, 6) is 1.09. The maximum Gasteiger partial charge on any atom is 0.236 e. The topological polar surface area (TPSA) is 65.4 Å². The molecule has 0 atom stereocenters. The summed E-state index contributed by atoms with van der Waals surface area (Å²) < 4.78 is 5.63. The van der Waals surface area contributed by atoms with Gasteiger partial charge in [0.1, 0.15) is 5.52 Å². The number of H-pyrrole nitrogens is 1. The van der Waals surface area contributed by atoms with Crippen LogP contribution < -0.4 is 0 Å². The van der Waals surface area contributed by atoms with Gasteiger partial charge in [0, 0.05) is 30.6 Å². The molecule has 4 aromatic rings. The Morgan fingerprint density at radius 2 is 1.97 bits per heavy atom. The lowest BCUT2D eigenvalue weighted by Gasteiger charge is -2.32. The zero-order valence-corrected chi connectivity index (χ0v) is 20.8. The van der Waals surface area contributed by atoms with Crippen LogP contribution in [0, 0.1) is 6.92 Å². The maximum atomic E-state index is 12.1. The molecule has 0 bridgehead atoms. The molecule has 0 radical (unpaired) electrons. The fourth-order valence-electron chi connectivity index (χ4n) is 5.35. The van der Waals surface area contributed by atoms with Crippen LogP contribution in [-0.2, 0) is 4.79 Å². The van der Waals surface area contributed by atoms with Crippen LogP contribution in [0.5, 0.6) is 0 Å². The summed E-state index contributed by atoms with van der Waals surface area (Å²) >= 11 is 0. The van der Waals surface area contributed by atoms with Crippen molar-refractivity contribution in [2.45, 2.75) is 45.4 Å². The number of carbonyl (C=O) groups is 1. The van der Waals surface area contributed by atoms with E-state index in [9.17, 15) is 4.79 Å². The summed E-state index contributed by atoms with van der Waals surface area (Å²) in [5, 5.41) is 1.31. The standard InChI is InChI=1S/C28H34N4O2/c1-17(2)26-22-13-20(19-8-10-32(11-9-19)15-25(33)31(4)5)6-7-23(22)30-28(26)21-12-18(3)27-24(14-21)34-16-29-27/h6-7,12-14,16-17,19,30H,8-11,15H2,1-5H3. The Labute approximate surface area is 200 Å². The van der Waals surface area contributed by atoms with E-state index in [1.807, 2.05) is 14.1 Å². The Balaban J connectivity index is 1.45. The zero-order valence-electron chi connectivity index (χ0n) is 20.8. The van der Waals surface area contributed by atoms with Crippen LogP contribution in [0.3, 0.4) is 0 Å². The molecule has 1 N–H and O–H groups in total. The molecule has 0 unspecified atom stereocenters. The molecule has 0 aliphatic carbocycles. The summed E-state index contributed by atoms with van der Waals surface area (Å²) in [6.07, 6.45) is 3.69. The van der Waals surface area contributed by atoms with E-state index < -0.39 is 0 Å². The van der Waals surface area contributed by atoms with Gasteiger partial charge in [0.2, 0.25) is 5.91 Å². The van der Waals surface area contributed by atoms with E-state index in [1.165, 1.54) is 34.1 Å². The van der Waals surface area contributed by atoms with E-state index in [0.29, 0.717) is 18.4 Å². The van der Waals surface area contributed by atoms with Gasteiger partial charge >= 0.3 is 0 Å². The third-order valence-corrected chi connectivity index (χ3v) is 7.27. The van der Waals surface area contributed by atoms with E-state index in [4.69, 9.17) is 4.42 Å². The van der Waals surface area contributed by atoms with Gasteiger partial charge in [0.25, 0.3) is 0 Å². The predicted molar refractivity (Wildman–Crippen MR) is 137 cm³/mol. The first-order valence-corrected chi connectivity index (χ1v) is 12.2. The lowest BCUT2D eigenvalue weighted by atomic mass is 9.87. The molecule has 1 saturated heterocycles. The highest BCUT2D eigenvalue weighted by Gasteiger charge is 2.24. The highest BCUT2D eigenvalue weighted by Crippen LogP contribution is 2.39. The predicted octanol–water partition coefficient (Wildman–Crippen LogP) is 5.68. The van der Waals surface area contributed by atoms with E-state index in [1.54, 1.807) is 4.90 Å². The molecule has 6 nitrogen and oxygen atoms in total. The van der Waals surface area contributed by atoms with Crippen molar-refractivity contribution in [2.75, 3.05) is 33.7 Å². The molecule has 1 aliphatic heterocycles. The lowest BCUT2D eigenvalue weighted by molar-refractivity contribution is -0.130. The molecule has 5 rings (SSSR count). The number of nitrogens with zero attached hydrogens (tertiary/aromatic N) is 3. The molecule has 6 heteroatoms. The fraction of sp³-hybridized carbons (Fsp3) is 0.429. The molecule has 2 aromatic carbocycles. The summed E-state index contributed by atoms with van der Waals surface area (Å²) in [6.45, 7) is 9.06. The molecule has 1 fully saturated rings. The average molecular weight is 459 g/mol. The molecule has 0 saturated carbocycles. The molecule has 3 heterocycles. The summed E-state index contributed by atoms with van der Waals surface area (Å²) in [4.78, 5) is 24.1. The Morgan fingerprint density at radius 3 is 2.68 bits per heavy atom. The Bertz CT molecular complexity index is 1340. The van der Waals surface area contributed by atoms with Gasteiger partial charge in [-0.05, 0) is 85.6 Å². The fourth-order valence-corrected chi connectivity index (χ4v) is 5.35. The number of benzene rings is 2. The minimum atomic E-state index is 0.181. The molecular formula is C28H34N4O2. The van der Waals surface area contributed by atoms with Gasteiger partial charge in [-0.1, -0.05) is 19.9 Å². The van der Waals surface area contributed by atoms with Gasteiger partial charge in [0.05, 0.1) is 12.2 Å². The number of hydrogen-bond acceptors (Lipinski definition) is 4. The van der Waals surface area contributed by atoms with Crippen molar-refractivity contribution in [3.05, 3.63) is 53.4 Å². The van der Waals surface area contributed by atoms with Crippen LogP contribution in [0.4, 0.5) is 0 Å². The third-order valence-electron chi connectivity index (χ3n) is 7.27. The number of aromatic nitrogens is 2. The lowest BCUT2D eigenvalue weighted by Crippen LogP contribution is -2.40. The van der Waals surface area contributed by atoms with Crippen LogP contribution in [0.15, 0.2) is 41.1 Å². The second kappa shape index (κ2) is 8.91. The van der Waals surface area contributed by atoms with Crippen LogP contribution in [0.25, 0.3) is 33.3 Å². The highest BCUT2D eigenvalue weighted by atomic mass is 16.3. The first-order valence-electron chi connectivity index (χ1n) is 12.2. The van der Waals surface area contributed by atoms with E-state index >= 15 is 0 Å². The monoisotopic (exact) mass is 458 g/mol. The molecule has 178 valence electrons. The van der Waals surface area contributed by atoms with E-state index in [0.717, 1.165) is 48.2 Å². The van der Waals surface area contributed by atoms with Crippen molar-refractivity contribution >= 4 is 27.9 Å². The first kappa shape index (κ1) is 22.7. The van der Waals surface area contributed by atoms with Crippen molar-refractivity contribution in [1.82, 2.24) is 19.8 Å². The van der Waals surface area contributed by atoms with Gasteiger partial charge < -0.3 is 14.3 Å². The minimum absolute atomic E-state index is 0.181. The highest BCUT2D eigenvalue weighted by molar-refractivity contribution is 5.94. The van der Waals surface area contributed by atoms with Crippen LogP contribution in [0.2, 0.25) is 0 Å². The summed E-state index contributed by atoms with van der Waals surface area (Å²) in [5.41, 5.74) is 9.10. The minimum Gasteiger partial charge on any atom is -0.443 e. The largest absolute Gasteiger partial charge is 0.443 e. The number of carbonyl (C=O) groups excluding carboxylic acids is 1. The smallest absolute Gasteiger partial charge is 0.236 e. The Morgan fingerprint density at radius 1 is 1.21 bits per heavy atom. The second-order valence-corrected chi connectivity index (χ2v) is 10.2. The number of likely N-dealkylation sites (tertiary alicyclic amines) is 1. The van der Waals surface area contributed by atoms with Crippen LogP contribution >= 0.6 is 0 Å². The third kappa shape index (κ3) is 4.11. The average Bonchev–Trinajstić information content (AvgIpc) is 3.44. The molecule has 2 aromatic heterocycles. The first-order chi connectivity index (χ1) is 16.3. The molecule has 1 aliphatic rings. The summed E-state index contributed by atoms with van der Waals surface area (Å²) in [6, 6.07) is 11.2. The number of amides is 1. The van der Waals surface area contributed by atoms with Crippen molar-refractivity contribution in [1.29, 1.82) is 0 Å². The number of rotatable bonds is 5. The number of likely N-dealkylation sites (N-methyl/N-ethyl adjacent to an activating group) is 1. The number of piperidine rings is 1. The normalized spacial score (nSPS) is 15.6. The van der Waals surface area contributed by atoms with Gasteiger partial charge in [-0.2, -0.15) is 0 Å². The van der Waals surface area contributed by atoms with Crippen molar-refractivity contribution < 1.29 is 9.21 Å². The van der Waals surface area contributed by atoms with Crippen LogP contribution in [-0.4, -0.2) is 59.4 Å². The van der Waals surface area contributed by atoms with Crippen molar-refractivity contribution in [3.63, 3.8) is 0 Å². The number of aryl methyl sites for hydroxylation is 1. The van der Waals surface area contributed by atoms with Gasteiger partial charge in [-0.3, -0.25) is 9.69 Å². The van der Waals surface area contributed by atoms with Crippen molar-refractivity contribution in [2.24, 2.45) is 0 Å². The SMILES string of the molecule is Cc1cc(-c2[nH]c3ccc(C4CCN(CC(=O)N(C)C)CC4)cc3c2C(C)C)cc2ocnc12. The van der Waals surface area contributed by atoms with E-state index in [2.05, 4.69) is 66.0 Å². The van der Waals surface area contributed by atoms with Crippen molar-refractivity contribution in [3.8, 4) is 11.3 Å². The number of hydrogen-bond donors (Lipinski definition) is 1. The molecular weight excluding hydrogens is 424 g/mol. The van der Waals surface area contributed by atoms with Gasteiger partial charge in [-0.15, -0.1) is 0 Å². The Kier molecular flexibility index (Phi) is 5.94. The molecule has 1 amide bonds. The number of fused-ring (bicyclic) bond motifs is 2. The number of oxazole rings is 1. The van der Waals surface area contributed by atoms with Crippen LogP contribution in [0.1, 0.15) is 55.2 Å². The zero-order chi connectivity index (χ0) is 24.0. The van der Waals surface area contributed by atoms with Gasteiger partial charge in [-0.25, -0.2) is 4.98 Å². The number of aromatic amines is 1. The second-order valence-electron chi connectivity index (χ2n) is 10.2. The Hall–Kier alpha value is -3.12. The molecule has 34 heavy (non-hydrogen) atoms.